The second kappa shape index (κ2) is 6.84. The molecule has 0 heterocycles. The molecule has 1 aromatic carbocycles. The normalized spacial score (nSPS) is 14.2. The first-order chi connectivity index (χ1) is 8.25. The summed E-state index contributed by atoms with van der Waals surface area (Å²) in [5, 5.41) is 16.7. The summed E-state index contributed by atoms with van der Waals surface area (Å²) in [6.07, 6.45) is 4.07. The number of phenolic OH excluding ortho intramolecular Hbond substituents is 1. The molecule has 0 atom stereocenters. The molecule has 1 saturated carbocycles. The number of benzene rings is 1. The van der Waals surface area contributed by atoms with Gasteiger partial charge in [0.25, 0.3) is 0 Å². The standard InChI is InChI=1S/C12H14N2O.C2H6/c13-12(10-3-4-10)8-14-7-9-1-5-11(15)6-2-9;1-2/h1-2,5-7,10,13,15H,3-4,8H2;1-2H3. The molecule has 0 saturated heterocycles. The maximum Gasteiger partial charge on any atom is 0.115 e. The van der Waals surface area contributed by atoms with Crippen LogP contribution in [0.4, 0.5) is 0 Å². The van der Waals surface area contributed by atoms with Crippen LogP contribution in [0.25, 0.3) is 0 Å². The molecular formula is C14H20N2O. The van der Waals surface area contributed by atoms with Gasteiger partial charge in [0.15, 0.2) is 0 Å². The molecule has 0 unspecified atom stereocenters. The number of aliphatic imine (C=N–C) groups is 1. The molecule has 3 heteroatoms. The minimum atomic E-state index is 0.262. The second-order valence-corrected chi connectivity index (χ2v) is 3.86. The van der Waals surface area contributed by atoms with Crippen LogP contribution in [0.2, 0.25) is 0 Å². The Morgan fingerprint density at radius 3 is 2.47 bits per heavy atom. The van der Waals surface area contributed by atoms with E-state index in [0.717, 1.165) is 24.1 Å². The lowest BCUT2D eigenvalue weighted by atomic mass is 10.2. The minimum absolute atomic E-state index is 0.262. The molecule has 0 bridgehead atoms. The molecule has 2 N–H and O–H groups in total. The van der Waals surface area contributed by atoms with Gasteiger partial charge in [-0.3, -0.25) is 4.99 Å². The molecule has 1 fully saturated rings. The van der Waals surface area contributed by atoms with Crippen LogP contribution in [0.15, 0.2) is 29.3 Å². The van der Waals surface area contributed by atoms with Crippen molar-refractivity contribution in [2.24, 2.45) is 10.9 Å². The lowest BCUT2D eigenvalue weighted by Gasteiger charge is -1.96. The van der Waals surface area contributed by atoms with E-state index in [4.69, 9.17) is 10.5 Å². The van der Waals surface area contributed by atoms with Crippen molar-refractivity contribution >= 4 is 11.9 Å². The summed E-state index contributed by atoms with van der Waals surface area (Å²) in [6.45, 7) is 4.51. The Bertz CT molecular complexity index is 378. The molecule has 0 radical (unpaired) electrons. The first-order valence-corrected chi connectivity index (χ1v) is 6.12. The Kier molecular flexibility index (Phi) is 5.40. The first-order valence-electron chi connectivity index (χ1n) is 6.12. The van der Waals surface area contributed by atoms with E-state index in [2.05, 4.69) is 4.99 Å². The van der Waals surface area contributed by atoms with E-state index in [1.165, 1.54) is 0 Å². The van der Waals surface area contributed by atoms with Crippen molar-refractivity contribution in [2.45, 2.75) is 26.7 Å². The van der Waals surface area contributed by atoms with Crippen LogP contribution in [0, 0.1) is 11.3 Å². The highest BCUT2D eigenvalue weighted by Gasteiger charge is 2.25. The van der Waals surface area contributed by atoms with E-state index in [0.29, 0.717) is 12.5 Å². The van der Waals surface area contributed by atoms with Crippen molar-refractivity contribution in [3.8, 4) is 5.75 Å². The Hall–Kier alpha value is -1.64. The van der Waals surface area contributed by atoms with Gasteiger partial charge in [-0.05, 0) is 48.6 Å². The third kappa shape index (κ3) is 4.81. The highest BCUT2D eigenvalue weighted by molar-refractivity contribution is 5.90. The molecular weight excluding hydrogens is 212 g/mol. The molecule has 1 aromatic rings. The second-order valence-electron chi connectivity index (χ2n) is 3.86. The fourth-order valence-corrected chi connectivity index (χ4v) is 1.37. The number of rotatable bonds is 4. The van der Waals surface area contributed by atoms with Crippen molar-refractivity contribution in [1.29, 1.82) is 5.41 Å². The van der Waals surface area contributed by atoms with Crippen molar-refractivity contribution in [2.75, 3.05) is 6.54 Å². The molecule has 0 aromatic heterocycles. The zero-order valence-corrected chi connectivity index (χ0v) is 10.5. The third-order valence-electron chi connectivity index (χ3n) is 2.47. The number of hydrogen-bond acceptors (Lipinski definition) is 3. The van der Waals surface area contributed by atoms with Crippen molar-refractivity contribution in [3.63, 3.8) is 0 Å². The Morgan fingerprint density at radius 2 is 1.94 bits per heavy atom. The van der Waals surface area contributed by atoms with Crippen LogP contribution in [0.5, 0.6) is 5.75 Å². The summed E-state index contributed by atoms with van der Waals surface area (Å²) in [7, 11) is 0. The quantitative estimate of drug-likeness (QED) is 0.769. The van der Waals surface area contributed by atoms with Gasteiger partial charge in [0.05, 0.1) is 6.54 Å². The maximum absolute atomic E-state index is 9.07. The predicted molar refractivity (Wildman–Crippen MR) is 72.4 cm³/mol. The number of phenols is 1. The zero-order valence-electron chi connectivity index (χ0n) is 10.5. The van der Waals surface area contributed by atoms with Gasteiger partial charge >= 0.3 is 0 Å². The largest absolute Gasteiger partial charge is 0.508 e. The molecule has 2 rings (SSSR count). The molecule has 92 valence electrons. The summed E-state index contributed by atoms with van der Waals surface area (Å²) in [5.41, 5.74) is 1.70. The van der Waals surface area contributed by atoms with Gasteiger partial charge in [-0.15, -0.1) is 0 Å². The first kappa shape index (κ1) is 13.4. The van der Waals surface area contributed by atoms with E-state index in [9.17, 15) is 0 Å². The Balaban J connectivity index is 0.000000686. The highest BCUT2D eigenvalue weighted by Crippen LogP contribution is 2.29. The van der Waals surface area contributed by atoms with Gasteiger partial charge in [0.1, 0.15) is 5.75 Å². The van der Waals surface area contributed by atoms with Crippen LogP contribution in [-0.4, -0.2) is 23.6 Å². The summed E-state index contributed by atoms with van der Waals surface area (Å²) >= 11 is 0. The van der Waals surface area contributed by atoms with Gasteiger partial charge in [-0.1, -0.05) is 13.8 Å². The molecule has 1 aliphatic rings. The smallest absolute Gasteiger partial charge is 0.115 e. The van der Waals surface area contributed by atoms with Crippen molar-refractivity contribution < 1.29 is 5.11 Å². The lowest BCUT2D eigenvalue weighted by Crippen LogP contribution is -2.03. The van der Waals surface area contributed by atoms with E-state index in [-0.39, 0.29) is 5.75 Å². The van der Waals surface area contributed by atoms with Crippen LogP contribution in [0.3, 0.4) is 0 Å². The SMILES string of the molecule is CC.N=C(CN=Cc1ccc(O)cc1)C1CC1. The van der Waals surface area contributed by atoms with Crippen LogP contribution < -0.4 is 0 Å². The van der Waals surface area contributed by atoms with E-state index >= 15 is 0 Å². The summed E-state index contributed by atoms with van der Waals surface area (Å²) in [5.74, 6) is 0.764. The molecule has 0 amide bonds. The average molecular weight is 232 g/mol. The summed E-state index contributed by atoms with van der Waals surface area (Å²) < 4.78 is 0. The maximum atomic E-state index is 9.07. The number of aromatic hydroxyl groups is 1. The lowest BCUT2D eigenvalue weighted by molar-refractivity contribution is 0.475. The van der Waals surface area contributed by atoms with Crippen LogP contribution >= 0.6 is 0 Å². The fraction of sp³-hybridized carbons (Fsp3) is 0.429. The molecule has 0 spiro atoms. The van der Waals surface area contributed by atoms with Gasteiger partial charge in [-0.2, -0.15) is 0 Å². The number of hydrogen-bond donors (Lipinski definition) is 2. The van der Waals surface area contributed by atoms with Crippen molar-refractivity contribution in [3.05, 3.63) is 29.8 Å². The molecule has 1 aliphatic carbocycles. The van der Waals surface area contributed by atoms with Crippen LogP contribution in [-0.2, 0) is 0 Å². The average Bonchev–Trinajstić information content (AvgIpc) is 3.18. The topological polar surface area (TPSA) is 56.4 Å². The molecule has 3 nitrogen and oxygen atoms in total. The number of nitrogens with zero attached hydrogens (tertiary/aromatic N) is 1. The third-order valence-corrected chi connectivity index (χ3v) is 2.47. The monoisotopic (exact) mass is 232 g/mol. The van der Waals surface area contributed by atoms with Crippen LogP contribution in [0.1, 0.15) is 32.3 Å². The van der Waals surface area contributed by atoms with E-state index in [1.54, 1.807) is 30.5 Å². The zero-order chi connectivity index (χ0) is 12.7. The number of nitrogens with one attached hydrogen (secondary N) is 1. The molecule has 0 aliphatic heterocycles. The van der Waals surface area contributed by atoms with Gasteiger partial charge in [-0.25, -0.2) is 0 Å². The van der Waals surface area contributed by atoms with Gasteiger partial charge in [0, 0.05) is 11.9 Å². The van der Waals surface area contributed by atoms with E-state index in [1.807, 2.05) is 13.8 Å². The fourth-order valence-electron chi connectivity index (χ4n) is 1.37. The Labute approximate surface area is 103 Å². The highest BCUT2D eigenvalue weighted by atomic mass is 16.3. The predicted octanol–water partition coefficient (Wildman–Crippen LogP) is 3.27. The summed E-state index contributed by atoms with van der Waals surface area (Å²) in [6, 6.07) is 6.88. The van der Waals surface area contributed by atoms with E-state index < -0.39 is 0 Å². The Morgan fingerprint density at radius 1 is 1.35 bits per heavy atom. The van der Waals surface area contributed by atoms with Gasteiger partial charge in [0.2, 0.25) is 0 Å². The minimum Gasteiger partial charge on any atom is -0.508 e. The molecule has 17 heavy (non-hydrogen) atoms. The van der Waals surface area contributed by atoms with Gasteiger partial charge < -0.3 is 10.5 Å². The summed E-state index contributed by atoms with van der Waals surface area (Å²) in [4.78, 5) is 4.20. The van der Waals surface area contributed by atoms with Crippen molar-refractivity contribution in [1.82, 2.24) is 0 Å².